The molecule has 0 spiro atoms. The van der Waals surface area contributed by atoms with E-state index in [1.165, 1.54) is 10.8 Å². The number of rotatable bonds is 5. The Morgan fingerprint density at radius 3 is 2.55 bits per heavy atom. The number of allylic oxidation sites excluding steroid dienone is 2. The topological polar surface area (TPSA) is 75.8 Å². The van der Waals surface area contributed by atoms with Gasteiger partial charge in [0.15, 0.2) is 17.5 Å². The number of carbonyl (C=O) groups excluding carboxylic acids is 2. The summed E-state index contributed by atoms with van der Waals surface area (Å²) in [6, 6.07) is 1.88. The summed E-state index contributed by atoms with van der Waals surface area (Å²) in [4.78, 5) is 29.1. The van der Waals surface area contributed by atoms with Gasteiger partial charge in [-0.2, -0.15) is 5.26 Å². The summed E-state index contributed by atoms with van der Waals surface area (Å²) >= 11 is 0. The van der Waals surface area contributed by atoms with E-state index in [0.29, 0.717) is 0 Å². The minimum atomic E-state index is -1.28. The zero-order valence-corrected chi connectivity index (χ0v) is 13.6. The van der Waals surface area contributed by atoms with Gasteiger partial charge in [0.05, 0.1) is 6.07 Å². The number of carbonyl (C=O) groups is 2. The minimum Gasteiger partial charge on any atom is -0.332 e. The van der Waals surface area contributed by atoms with Gasteiger partial charge in [0.25, 0.3) is 0 Å². The summed E-state index contributed by atoms with van der Waals surface area (Å²) < 4.78 is 1.53. The summed E-state index contributed by atoms with van der Waals surface area (Å²) in [5.41, 5.74) is 0.933. The molecule has 1 aromatic rings. The third kappa shape index (κ3) is 2.61. The maximum absolute atomic E-state index is 12.7. The van der Waals surface area contributed by atoms with E-state index >= 15 is 0 Å². The number of nitrogens with zero attached hydrogens (tertiary/aromatic N) is 3. The first-order valence-electron chi connectivity index (χ1n) is 7.31. The number of ketones is 2. The Kier molecular flexibility index (Phi) is 4.06. The molecule has 1 aromatic heterocycles. The lowest BCUT2D eigenvalue weighted by Gasteiger charge is -2.08. The molecule has 1 heterocycles. The zero-order chi connectivity index (χ0) is 16.7. The molecule has 1 aliphatic rings. The van der Waals surface area contributed by atoms with E-state index in [4.69, 9.17) is 0 Å². The maximum Gasteiger partial charge on any atom is 0.222 e. The zero-order valence-electron chi connectivity index (χ0n) is 13.6. The molecule has 1 saturated carbocycles. The second kappa shape index (κ2) is 5.53. The van der Waals surface area contributed by atoms with E-state index in [2.05, 4.69) is 11.1 Å². The third-order valence-electron chi connectivity index (χ3n) is 4.45. The highest BCUT2D eigenvalue weighted by Gasteiger charge is 2.61. The number of Topliss-reactive ketones (excluding diaryl/α,β-unsaturated/α-hetero) is 2. The Morgan fingerprint density at radius 1 is 1.45 bits per heavy atom. The van der Waals surface area contributed by atoms with Crippen LogP contribution in [0, 0.1) is 34.5 Å². The number of hydrogen-bond acceptors (Lipinski definition) is 4. The van der Waals surface area contributed by atoms with Crippen LogP contribution in [0.15, 0.2) is 24.0 Å². The molecule has 0 unspecified atom stereocenters. The van der Waals surface area contributed by atoms with Gasteiger partial charge in [-0.25, -0.2) is 4.98 Å². The van der Waals surface area contributed by atoms with Crippen LogP contribution in [0.3, 0.4) is 0 Å². The van der Waals surface area contributed by atoms with Crippen LogP contribution < -0.4 is 0 Å². The van der Waals surface area contributed by atoms with Gasteiger partial charge in [0, 0.05) is 25.4 Å². The Balaban J connectivity index is 2.25. The minimum absolute atomic E-state index is 0.0926. The molecule has 0 N–H and O–H groups in total. The van der Waals surface area contributed by atoms with E-state index in [1.54, 1.807) is 13.2 Å². The standard InChI is InChI=1S/C17H21N3O2/c1-10(2)8-12-13(17(12,3)4)14(21)11(9-18)15(22)16-19-6-7-20(16)5/h6-8,11-13H,1-5H3/t11-,12+,13+/m0/s1. The number of hydrogen-bond donors (Lipinski definition) is 0. The smallest absolute Gasteiger partial charge is 0.222 e. The van der Waals surface area contributed by atoms with E-state index in [9.17, 15) is 14.9 Å². The molecule has 3 atom stereocenters. The first-order chi connectivity index (χ1) is 10.2. The van der Waals surface area contributed by atoms with Crippen LogP contribution in [-0.2, 0) is 11.8 Å². The van der Waals surface area contributed by atoms with Crippen LogP contribution in [0.1, 0.15) is 38.3 Å². The Morgan fingerprint density at radius 2 is 2.09 bits per heavy atom. The maximum atomic E-state index is 12.7. The molecule has 1 aliphatic carbocycles. The van der Waals surface area contributed by atoms with E-state index < -0.39 is 11.7 Å². The first-order valence-corrected chi connectivity index (χ1v) is 7.31. The fraction of sp³-hybridized carbons (Fsp3) is 0.529. The molecule has 0 amide bonds. The van der Waals surface area contributed by atoms with E-state index in [-0.39, 0.29) is 28.9 Å². The molecule has 1 fully saturated rings. The molecular formula is C17H21N3O2. The molecule has 0 radical (unpaired) electrons. The molecule has 5 heteroatoms. The largest absolute Gasteiger partial charge is 0.332 e. The Bertz CT molecular complexity index is 687. The van der Waals surface area contributed by atoms with Crippen LogP contribution in [0.4, 0.5) is 0 Å². The van der Waals surface area contributed by atoms with Gasteiger partial charge in [-0.3, -0.25) is 9.59 Å². The van der Waals surface area contributed by atoms with E-state index in [0.717, 1.165) is 5.57 Å². The lowest BCUT2D eigenvalue weighted by molar-refractivity contribution is -0.122. The average molecular weight is 299 g/mol. The van der Waals surface area contributed by atoms with Crippen molar-refractivity contribution >= 4 is 11.6 Å². The van der Waals surface area contributed by atoms with Crippen LogP contribution in [0.2, 0.25) is 0 Å². The van der Waals surface area contributed by atoms with E-state index in [1.807, 2.05) is 33.8 Å². The van der Waals surface area contributed by atoms with Gasteiger partial charge in [-0.1, -0.05) is 25.5 Å². The second-order valence-electron chi connectivity index (χ2n) is 6.76. The molecule has 5 nitrogen and oxygen atoms in total. The molecular weight excluding hydrogens is 278 g/mol. The van der Waals surface area contributed by atoms with Crippen molar-refractivity contribution in [3.8, 4) is 6.07 Å². The lowest BCUT2D eigenvalue weighted by atomic mass is 9.93. The number of nitriles is 1. The predicted molar refractivity (Wildman–Crippen MR) is 81.8 cm³/mol. The Hall–Kier alpha value is -2.22. The summed E-state index contributed by atoms with van der Waals surface area (Å²) in [5, 5.41) is 9.33. The normalized spacial score (nSPS) is 23.3. The average Bonchev–Trinajstić information content (AvgIpc) is 2.76. The highest BCUT2D eigenvalue weighted by molar-refractivity contribution is 6.12. The Labute approximate surface area is 130 Å². The molecule has 2 rings (SSSR count). The summed E-state index contributed by atoms with van der Waals surface area (Å²) in [6.07, 6.45) is 5.17. The van der Waals surface area contributed by atoms with Gasteiger partial charge in [0.2, 0.25) is 5.78 Å². The quantitative estimate of drug-likeness (QED) is 0.475. The van der Waals surface area contributed by atoms with Crippen molar-refractivity contribution in [3.63, 3.8) is 0 Å². The summed E-state index contributed by atoms with van der Waals surface area (Å²) in [7, 11) is 1.67. The fourth-order valence-electron chi connectivity index (χ4n) is 3.05. The molecule has 0 aliphatic heterocycles. The van der Waals surface area contributed by atoms with Crippen LogP contribution in [0.25, 0.3) is 0 Å². The monoisotopic (exact) mass is 299 g/mol. The van der Waals surface area contributed by atoms with Gasteiger partial charge in [-0.05, 0) is 25.2 Å². The van der Waals surface area contributed by atoms with Gasteiger partial charge in [0.1, 0.15) is 0 Å². The highest BCUT2D eigenvalue weighted by atomic mass is 16.2. The predicted octanol–water partition coefficient (Wildman–Crippen LogP) is 2.55. The van der Waals surface area contributed by atoms with Crippen LogP contribution >= 0.6 is 0 Å². The lowest BCUT2D eigenvalue weighted by Crippen LogP contribution is -2.27. The van der Waals surface area contributed by atoms with Crippen molar-refractivity contribution in [2.24, 2.45) is 30.2 Å². The highest BCUT2D eigenvalue weighted by Crippen LogP contribution is 2.60. The first kappa shape index (κ1) is 16.2. The molecule has 22 heavy (non-hydrogen) atoms. The summed E-state index contributed by atoms with van der Waals surface area (Å²) in [5.74, 6) is -2.12. The van der Waals surface area contributed by atoms with Crippen LogP contribution in [-0.4, -0.2) is 21.1 Å². The fourth-order valence-corrected chi connectivity index (χ4v) is 3.05. The molecule has 0 aromatic carbocycles. The molecule has 116 valence electrons. The van der Waals surface area contributed by atoms with Crippen molar-refractivity contribution in [1.29, 1.82) is 5.26 Å². The second-order valence-corrected chi connectivity index (χ2v) is 6.76. The SMILES string of the molecule is CC(C)=C[C@@H]1[C@H](C(=O)[C@H](C#N)C(=O)c2nccn2C)C1(C)C. The number of aryl methyl sites for hydroxylation is 1. The van der Waals surface area contributed by atoms with Gasteiger partial charge >= 0.3 is 0 Å². The molecule has 0 saturated heterocycles. The number of imidazole rings is 1. The van der Waals surface area contributed by atoms with Crippen LogP contribution in [0.5, 0.6) is 0 Å². The van der Waals surface area contributed by atoms with Crippen molar-refractivity contribution in [3.05, 3.63) is 29.9 Å². The number of aromatic nitrogens is 2. The molecule has 0 bridgehead atoms. The van der Waals surface area contributed by atoms with Crippen molar-refractivity contribution in [1.82, 2.24) is 9.55 Å². The van der Waals surface area contributed by atoms with Crippen molar-refractivity contribution < 1.29 is 9.59 Å². The van der Waals surface area contributed by atoms with Gasteiger partial charge < -0.3 is 4.57 Å². The van der Waals surface area contributed by atoms with Gasteiger partial charge in [-0.15, -0.1) is 0 Å². The van der Waals surface area contributed by atoms with Crippen molar-refractivity contribution in [2.45, 2.75) is 27.7 Å². The van der Waals surface area contributed by atoms with Crippen molar-refractivity contribution in [2.75, 3.05) is 0 Å². The summed E-state index contributed by atoms with van der Waals surface area (Å²) in [6.45, 7) is 7.96. The third-order valence-corrected chi connectivity index (χ3v) is 4.45.